The first kappa shape index (κ1) is 17.6. The molecule has 4 nitrogen and oxygen atoms in total. The van der Waals surface area contributed by atoms with Crippen LogP contribution in [0, 0.1) is 5.41 Å². The van der Waals surface area contributed by atoms with Gasteiger partial charge >= 0.3 is 0 Å². The molecule has 126 valence electrons. The topological polar surface area (TPSA) is 53.7 Å². The highest BCUT2D eigenvalue weighted by Gasteiger charge is 2.27. The number of rotatable bonds is 8. The second-order valence-electron chi connectivity index (χ2n) is 6.57. The van der Waals surface area contributed by atoms with Crippen LogP contribution >= 0.6 is 0 Å². The molecule has 1 aliphatic rings. The predicted octanol–water partition coefficient (Wildman–Crippen LogP) is 3.11. The highest BCUT2D eigenvalue weighted by Crippen LogP contribution is 2.31. The van der Waals surface area contributed by atoms with Gasteiger partial charge in [-0.25, -0.2) is 0 Å². The van der Waals surface area contributed by atoms with Gasteiger partial charge in [-0.2, -0.15) is 0 Å². The lowest BCUT2D eigenvalue weighted by Gasteiger charge is -2.31. The molecule has 0 bridgehead atoms. The quantitative estimate of drug-likeness (QED) is 0.800. The van der Waals surface area contributed by atoms with E-state index in [1.54, 1.807) is 14.2 Å². The second-order valence-corrected chi connectivity index (χ2v) is 6.57. The molecule has 1 atom stereocenters. The average molecular weight is 317 g/mol. The van der Waals surface area contributed by atoms with Crippen molar-refractivity contribution in [1.29, 1.82) is 0 Å². The Morgan fingerprint density at radius 2 is 1.83 bits per heavy atom. The zero-order valence-electron chi connectivity index (χ0n) is 14.4. The van der Waals surface area contributed by atoms with E-state index in [-0.39, 0.29) is 17.6 Å². The lowest BCUT2D eigenvalue weighted by molar-refractivity contribution is 0.0854. The Morgan fingerprint density at radius 1 is 1.13 bits per heavy atom. The normalized spacial score (nSPS) is 15.9. The molecule has 0 amide bonds. The number of ether oxygens (including phenoxy) is 3. The zero-order valence-corrected chi connectivity index (χ0v) is 14.4. The summed E-state index contributed by atoms with van der Waals surface area (Å²) >= 11 is 0. The first-order valence-corrected chi connectivity index (χ1v) is 7.89. The molecular weight excluding hydrogens is 290 g/mol. The first-order valence-electron chi connectivity index (χ1n) is 7.89. The van der Waals surface area contributed by atoms with Crippen molar-refractivity contribution in [2.75, 3.05) is 20.8 Å². The number of hydrogen-bond donors (Lipinski definition) is 1. The lowest BCUT2D eigenvalue weighted by atomic mass is 9.82. The summed E-state index contributed by atoms with van der Waals surface area (Å²) in [6.45, 7) is 4.87. The molecule has 2 rings (SSSR count). The zero-order chi connectivity index (χ0) is 16.9. The summed E-state index contributed by atoms with van der Waals surface area (Å²) in [5.74, 6) is 1.47. The van der Waals surface area contributed by atoms with Gasteiger partial charge in [0.1, 0.15) is 6.10 Å². The van der Waals surface area contributed by atoms with Gasteiger partial charge in [-0.3, -0.25) is 0 Å². The van der Waals surface area contributed by atoms with Crippen LogP contribution in [0.4, 0.5) is 0 Å². The van der Waals surface area contributed by atoms with Crippen LogP contribution < -0.4 is 15.2 Å². The Bertz CT molecular complexity index is 566. The van der Waals surface area contributed by atoms with Crippen LogP contribution in [0.3, 0.4) is 0 Å². The fraction of sp³-hybridized carbons (Fsp3) is 0.474. The van der Waals surface area contributed by atoms with E-state index >= 15 is 0 Å². The van der Waals surface area contributed by atoms with Gasteiger partial charge in [0.15, 0.2) is 11.5 Å². The maximum atomic E-state index is 6.38. The molecule has 23 heavy (non-hydrogen) atoms. The smallest absolute Gasteiger partial charge is 0.162 e. The molecule has 0 spiro atoms. The molecule has 1 aromatic carbocycles. The maximum Gasteiger partial charge on any atom is 0.162 e. The molecule has 1 aromatic rings. The molecule has 0 saturated carbocycles. The number of methoxy groups -OCH3 is 2. The third-order valence-electron chi connectivity index (χ3n) is 4.18. The maximum absolute atomic E-state index is 6.38. The summed E-state index contributed by atoms with van der Waals surface area (Å²) in [5, 5.41) is 0. The van der Waals surface area contributed by atoms with E-state index in [2.05, 4.69) is 13.8 Å². The van der Waals surface area contributed by atoms with E-state index in [9.17, 15) is 0 Å². The minimum atomic E-state index is -0.0906. The van der Waals surface area contributed by atoms with Crippen LogP contribution in [-0.4, -0.2) is 33.0 Å². The third kappa shape index (κ3) is 4.60. The molecule has 1 aliphatic carbocycles. The molecule has 2 N–H and O–H groups in total. The van der Waals surface area contributed by atoms with Crippen molar-refractivity contribution in [3.05, 3.63) is 48.1 Å². The van der Waals surface area contributed by atoms with Gasteiger partial charge in [0.05, 0.1) is 13.7 Å². The molecule has 0 saturated heterocycles. The van der Waals surface area contributed by atoms with Crippen molar-refractivity contribution >= 4 is 0 Å². The molecule has 0 aliphatic heterocycles. The van der Waals surface area contributed by atoms with Gasteiger partial charge in [0.25, 0.3) is 0 Å². The molecule has 0 fully saturated rings. The molecule has 4 heteroatoms. The summed E-state index contributed by atoms with van der Waals surface area (Å²) in [4.78, 5) is 0. The Labute approximate surface area is 138 Å². The second kappa shape index (κ2) is 7.66. The SMILES string of the molecule is COCC(C)(C)C(N)Cc1ccc(OC)c(OC2C=CC=C2)c1. The molecular formula is C19H27NO3. The van der Waals surface area contributed by atoms with Crippen molar-refractivity contribution in [2.45, 2.75) is 32.4 Å². The summed E-state index contributed by atoms with van der Waals surface area (Å²) in [5.41, 5.74) is 7.42. The van der Waals surface area contributed by atoms with Crippen molar-refractivity contribution in [3.8, 4) is 11.5 Å². The van der Waals surface area contributed by atoms with Crippen LogP contribution in [0.2, 0.25) is 0 Å². The third-order valence-corrected chi connectivity index (χ3v) is 4.18. The lowest BCUT2D eigenvalue weighted by Crippen LogP contribution is -2.42. The van der Waals surface area contributed by atoms with Crippen molar-refractivity contribution < 1.29 is 14.2 Å². The van der Waals surface area contributed by atoms with Crippen LogP contribution in [0.1, 0.15) is 19.4 Å². The fourth-order valence-electron chi connectivity index (χ4n) is 2.59. The summed E-state index contributed by atoms with van der Waals surface area (Å²) in [6.07, 6.45) is 8.67. The number of benzene rings is 1. The van der Waals surface area contributed by atoms with Gasteiger partial charge in [-0.1, -0.05) is 32.1 Å². The Hall–Kier alpha value is -1.78. The molecule has 0 aromatic heterocycles. The van der Waals surface area contributed by atoms with Crippen LogP contribution in [0.15, 0.2) is 42.5 Å². The van der Waals surface area contributed by atoms with Crippen LogP contribution in [0.5, 0.6) is 11.5 Å². The van der Waals surface area contributed by atoms with E-state index in [1.807, 2.05) is 42.5 Å². The number of nitrogens with two attached hydrogens (primary N) is 1. The number of allylic oxidation sites excluding steroid dienone is 2. The van der Waals surface area contributed by atoms with Gasteiger partial charge in [-0.15, -0.1) is 0 Å². The Kier molecular flexibility index (Phi) is 5.85. The standard InChI is InChI=1S/C19H27NO3/c1-19(2,13-21-3)18(20)12-14-9-10-16(22-4)17(11-14)23-15-7-5-6-8-15/h5-11,15,18H,12-13,20H2,1-4H3. The van der Waals surface area contributed by atoms with Crippen molar-refractivity contribution in [3.63, 3.8) is 0 Å². The van der Waals surface area contributed by atoms with Crippen molar-refractivity contribution in [1.82, 2.24) is 0 Å². The highest BCUT2D eigenvalue weighted by molar-refractivity contribution is 5.44. The van der Waals surface area contributed by atoms with E-state index in [4.69, 9.17) is 19.9 Å². The highest BCUT2D eigenvalue weighted by atomic mass is 16.5. The summed E-state index contributed by atoms with van der Waals surface area (Å²) < 4.78 is 16.7. The van der Waals surface area contributed by atoms with E-state index in [1.165, 1.54) is 0 Å². The average Bonchev–Trinajstić information content (AvgIpc) is 3.00. The van der Waals surface area contributed by atoms with Gasteiger partial charge in [0.2, 0.25) is 0 Å². The minimum Gasteiger partial charge on any atom is -0.493 e. The first-order chi connectivity index (χ1) is 11.0. The summed E-state index contributed by atoms with van der Waals surface area (Å²) in [6, 6.07) is 5.98. The van der Waals surface area contributed by atoms with E-state index in [0.29, 0.717) is 6.61 Å². The molecule has 0 radical (unpaired) electrons. The van der Waals surface area contributed by atoms with Gasteiger partial charge in [0, 0.05) is 18.6 Å². The predicted molar refractivity (Wildman–Crippen MR) is 93.0 cm³/mol. The minimum absolute atomic E-state index is 0.00466. The van der Waals surface area contributed by atoms with Crippen molar-refractivity contribution in [2.24, 2.45) is 11.1 Å². The summed E-state index contributed by atoms with van der Waals surface area (Å²) in [7, 11) is 3.35. The van der Waals surface area contributed by atoms with E-state index in [0.717, 1.165) is 23.5 Å². The van der Waals surface area contributed by atoms with Gasteiger partial charge in [-0.05, 0) is 36.3 Å². The largest absolute Gasteiger partial charge is 0.493 e. The number of hydrogen-bond acceptors (Lipinski definition) is 4. The Balaban J connectivity index is 2.13. The molecule has 1 unspecified atom stereocenters. The van der Waals surface area contributed by atoms with Gasteiger partial charge < -0.3 is 19.9 Å². The fourth-order valence-corrected chi connectivity index (χ4v) is 2.59. The van der Waals surface area contributed by atoms with Crippen LogP contribution in [-0.2, 0) is 11.2 Å². The monoisotopic (exact) mass is 317 g/mol. The van der Waals surface area contributed by atoms with Crippen LogP contribution in [0.25, 0.3) is 0 Å². The van der Waals surface area contributed by atoms with E-state index < -0.39 is 0 Å². The Morgan fingerprint density at radius 3 is 2.43 bits per heavy atom. The molecule has 0 heterocycles.